The summed E-state index contributed by atoms with van der Waals surface area (Å²) in [4.78, 5) is 0. The van der Waals surface area contributed by atoms with E-state index in [0.29, 0.717) is 0 Å². The molecule has 0 unspecified atom stereocenters. The summed E-state index contributed by atoms with van der Waals surface area (Å²) >= 11 is 0. The standard InChI is InChI=1S/12CN.2Ir.3Zn/c12*1-2;;;;;/q12*-1;2*+3;3*+2. The van der Waals surface area contributed by atoms with E-state index in [0.717, 1.165) is 0 Å². The van der Waals surface area contributed by atoms with Crippen molar-refractivity contribution in [3.05, 3.63) is 78.9 Å². The van der Waals surface area contributed by atoms with Crippen molar-refractivity contribution < 1.29 is 98.6 Å². The molecular weight excluding hydrogens is 893 g/mol. The summed E-state index contributed by atoms with van der Waals surface area (Å²) in [5.74, 6) is 0. The van der Waals surface area contributed by atoms with Crippen LogP contribution in [0, 0.1) is 142 Å². The second-order valence-electron chi connectivity index (χ2n) is 0. The predicted molar refractivity (Wildman–Crippen MR) is 59.6 cm³/mol. The molecular formula is C12Ir2N12Zn3. The second-order valence-corrected chi connectivity index (χ2v) is 0. The van der Waals surface area contributed by atoms with Gasteiger partial charge in [-0.05, 0) is 0 Å². The molecule has 0 aliphatic carbocycles. The van der Waals surface area contributed by atoms with E-state index in [9.17, 15) is 0 Å². The number of hydrogen-bond donors (Lipinski definition) is 0. The summed E-state index contributed by atoms with van der Waals surface area (Å²) in [7, 11) is 0. The van der Waals surface area contributed by atoms with Crippen molar-refractivity contribution in [1.29, 1.82) is 63.1 Å². The summed E-state index contributed by atoms with van der Waals surface area (Å²) in [6.07, 6.45) is 0. The van der Waals surface area contributed by atoms with Crippen LogP contribution in [-0.4, -0.2) is 0 Å². The topological polar surface area (TPSA) is 285 Å². The van der Waals surface area contributed by atoms with Crippen LogP contribution in [0.4, 0.5) is 0 Å². The molecule has 0 atom stereocenters. The molecule has 0 aliphatic rings. The van der Waals surface area contributed by atoms with Crippen LogP contribution in [-0.2, 0) is 98.6 Å². The van der Waals surface area contributed by atoms with Crippen molar-refractivity contribution in [2.75, 3.05) is 0 Å². The van der Waals surface area contributed by atoms with Gasteiger partial charge in [0.2, 0.25) is 0 Å². The number of nitrogens with zero attached hydrogens (tertiary/aromatic N) is 12. The van der Waals surface area contributed by atoms with Gasteiger partial charge in [0.05, 0.1) is 0 Å². The molecule has 0 saturated heterocycles. The van der Waals surface area contributed by atoms with Crippen LogP contribution in [0.15, 0.2) is 0 Å². The van der Waals surface area contributed by atoms with E-state index in [-0.39, 0.29) is 98.6 Å². The number of hydrogen-bond acceptors (Lipinski definition) is 12. The Balaban J connectivity index is -0.00000000356. The summed E-state index contributed by atoms with van der Waals surface area (Å²) < 4.78 is 0. The van der Waals surface area contributed by atoms with Gasteiger partial charge < -0.3 is 142 Å². The zero-order chi connectivity index (χ0) is 24.0. The van der Waals surface area contributed by atoms with Gasteiger partial charge in [0.1, 0.15) is 0 Å². The maximum Gasteiger partial charge on any atom is 3.00 e. The Labute approximate surface area is 238 Å². The first-order valence-electron chi connectivity index (χ1n) is 2.68. The molecule has 0 radical (unpaired) electrons. The fourth-order valence-corrected chi connectivity index (χ4v) is 0. The van der Waals surface area contributed by atoms with E-state index in [1.54, 1.807) is 0 Å². The molecule has 0 aromatic carbocycles. The maximum atomic E-state index is 6.25. The molecule has 0 saturated carbocycles. The predicted octanol–water partition coefficient (Wildman–Crippen LogP) is 1.14. The third-order valence-electron chi connectivity index (χ3n) is 0. The van der Waals surface area contributed by atoms with Crippen molar-refractivity contribution in [3.63, 3.8) is 0 Å². The molecule has 0 spiro atoms. The first-order valence-corrected chi connectivity index (χ1v) is 2.68. The van der Waals surface area contributed by atoms with Crippen molar-refractivity contribution in [2.45, 2.75) is 0 Å². The molecule has 0 bridgehead atoms. The minimum atomic E-state index is 0. The van der Waals surface area contributed by atoms with Crippen LogP contribution in [0.25, 0.3) is 0 Å². The molecule has 0 amide bonds. The monoisotopic (exact) mass is 890 g/mol. The first-order chi connectivity index (χ1) is 12.0. The molecule has 0 aliphatic heterocycles. The molecule has 0 aromatic heterocycles. The van der Waals surface area contributed by atoms with E-state index in [2.05, 4.69) is 0 Å². The normalized spacial score (nSPS) is 0.828. The average Bonchev–Trinajstić information content (AvgIpc) is 2.84. The van der Waals surface area contributed by atoms with Crippen LogP contribution in [0.1, 0.15) is 0 Å². The summed E-state index contributed by atoms with van der Waals surface area (Å²) in [6.45, 7) is 57.0. The Kier molecular flexibility index (Phi) is 11400. The van der Waals surface area contributed by atoms with Gasteiger partial charge >= 0.3 is 98.6 Å². The minimum absolute atomic E-state index is 0. The maximum absolute atomic E-state index is 6.25. The Morgan fingerprint density at radius 2 is 0.172 bits per heavy atom. The molecule has 0 aromatic rings. The zero-order valence-electron chi connectivity index (χ0n) is 14.2. The van der Waals surface area contributed by atoms with Crippen molar-refractivity contribution in [2.24, 2.45) is 0 Å². The van der Waals surface area contributed by atoms with E-state index in [1.165, 1.54) is 0 Å². The summed E-state index contributed by atoms with van der Waals surface area (Å²) in [6, 6.07) is 0. The molecule has 29 heavy (non-hydrogen) atoms. The van der Waals surface area contributed by atoms with Gasteiger partial charge in [-0.15, -0.1) is 0 Å². The second kappa shape index (κ2) is 1660. The fraction of sp³-hybridized carbons (Fsp3) is 0. The third-order valence-corrected chi connectivity index (χ3v) is 0. The van der Waals surface area contributed by atoms with Crippen molar-refractivity contribution >= 4 is 0 Å². The van der Waals surface area contributed by atoms with Crippen LogP contribution in [0.5, 0.6) is 0 Å². The average molecular weight is 893 g/mol. The van der Waals surface area contributed by atoms with Gasteiger partial charge in [-0.1, -0.05) is 0 Å². The van der Waals surface area contributed by atoms with Crippen LogP contribution >= 0.6 is 0 Å². The van der Waals surface area contributed by atoms with E-state index >= 15 is 0 Å². The van der Waals surface area contributed by atoms with Crippen LogP contribution < -0.4 is 0 Å². The smallest absolute Gasteiger partial charge is 0.512 e. The van der Waals surface area contributed by atoms with Gasteiger partial charge in [0.25, 0.3) is 0 Å². The molecule has 12 nitrogen and oxygen atoms in total. The first kappa shape index (κ1) is 200. The van der Waals surface area contributed by atoms with Gasteiger partial charge in [-0.25, -0.2) is 0 Å². The zero-order valence-corrected chi connectivity index (χ0v) is 27.8. The minimum Gasteiger partial charge on any atom is -0.512 e. The molecule has 0 heterocycles. The van der Waals surface area contributed by atoms with Gasteiger partial charge in [0, 0.05) is 0 Å². The van der Waals surface area contributed by atoms with Gasteiger partial charge in [-0.3, -0.25) is 0 Å². The third kappa shape index (κ3) is 1530. The molecule has 17 heteroatoms. The van der Waals surface area contributed by atoms with Gasteiger partial charge in [-0.2, -0.15) is 0 Å². The quantitative estimate of drug-likeness (QED) is 0.245. The SMILES string of the molecule is [C-]#N.[C-]#N.[C-]#N.[C-]#N.[C-]#N.[C-]#N.[C-]#N.[C-]#N.[C-]#N.[C-]#N.[C-]#N.[C-]#N.[Ir+3].[Ir+3].[Zn+2].[Zn+2].[Zn+2]. The van der Waals surface area contributed by atoms with Crippen LogP contribution in [0.2, 0.25) is 0 Å². The Morgan fingerprint density at radius 3 is 0.172 bits per heavy atom. The Hall–Kier alpha value is -2.95. The van der Waals surface area contributed by atoms with Crippen molar-refractivity contribution in [3.8, 4) is 0 Å². The fourth-order valence-electron chi connectivity index (χ4n) is 0. The summed E-state index contributed by atoms with van der Waals surface area (Å²) in [5.41, 5.74) is 0. The Bertz CT molecular complexity index is 234. The molecule has 132 valence electrons. The van der Waals surface area contributed by atoms with Crippen molar-refractivity contribution in [1.82, 2.24) is 0 Å². The van der Waals surface area contributed by atoms with E-state index in [1.807, 2.05) is 0 Å². The Morgan fingerprint density at radius 1 is 0.172 bits per heavy atom. The number of rotatable bonds is 0. The largest absolute Gasteiger partial charge is 3.00 e. The molecule has 0 rings (SSSR count). The molecule has 0 fully saturated rings. The molecule has 0 N–H and O–H groups in total. The van der Waals surface area contributed by atoms with E-state index in [4.69, 9.17) is 142 Å². The van der Waals surface area contributed by atoms with E-state index < -0.39 is 0 Å². The van der Waals surface area contributed by atoms with Gasteiger partial charge in [0.15, 0.2) is 0 Å². The summed E-state index contributed by atoms with van der Waals surface area (Å²) in [5, 5.41) is 75.0. The van der Waals surface area contributed by atoms with Crippen LogP contribution in [0.3, 0.4) is 0 Å².